The summed E-state index contributed by atoms with van der Waals surface area (Å²) in [6.45, 7) is 0. The molecule has 2 aromatic carbocycles. The van der Waals surface area contributed by atoms with Crippen LogP contribution in [0.15, 0.2) is 60.7 Å². The van der Waals surface area contributed by atoms with Crippen LogP contribution >= 0.6 is 0 Å². The predicted molar refractivity (Wildman–Crippen MR) is 82.4 cm³/mol. The molecule has 0 saturated carbocycles. The molecule has 2 aromatic rings. The second kappa shape index (κ2) is 7.08. The number of rotatable bonds is 6. The van der Waals surface area contributed by atoms with Crippen LogP contribution < -0.4 is 10.4 Å². The molecule has 4 nitrogen and oxygen atoms in total. The van der Waals surface area contributed by atoms with Crippen molar-refractivity contribution >= 4 is 30.9 Å². The Bertz CT molecular complexity index is 561. The van der Waals surface area contributed by atoms with Crippen LogP contribution in [-0.2, 0) is 9.59 Å². The number of hydrogen-bond donors (Lipinski definition) is 2. The Kier molecular flexibility index (Phi) is 5.16. The molecule has 0 radical (unpaired) electrons. The number of aliphatic hydroxyl groups is 2. The van der Waals surface area contributed by atoms with Gasteiger partial charge in [0.05, 0.1) is 0 Å². The number of aldehydes is 1. The first-order chi connectivity index (χ1) is 10.1. The number of aliphatic hydroxyl groups excluding tert-OH is 2. The van der Waals surface area contributed by atoms with Crippen LogP contribution in [0.1, 0.15) is 0 Å². The standard InChI is InChI=1S/C16H16O4Si/c17-11-14(18)15(19)16(20)21(12-7-3-1-4-8-12)13-9-5-2-6-10-13/h1-11,14-15,18-19,21H. The van der Waals surface area contributed by atoms with Gasteiger partial charge < -0.3 is 19.8 Å². The highest BCUT2D eigenvalue weighted by Gasteiger charge is 2.33. The molecule has 0 bridgehead atoms. The molecule has 0 aliphatic heterocycles. The summed E-state index contributed by atoms with van der Waals surface area (Å²) in [6, 6.07) is 18.3. The molecule has 2 atom stereocenters. The van der Waals surface area contributed by atoms with Crippen molar-refractivity contribution in [2.75, 3.05) is 0 Å². The molecule has 0 spiro atoms. The molecule has 0 saturated heterocycles. The minimum absolute atomic E-state index is 0.185. The maximum Gasteiger partial charge on any atom is 0.181 e. The maximum absolute atomic E-state index is 12.5. The van der Waals surface area contributed by atoms with Crippen molar-refractivity contribution in [2.45, 2.75) is 12.2 Å². The Balaban J connectivity index is 2.42. The summed E-state index contributed by atoms with van der Waals surface area (Å²) in [5.74, 6) is 0. The average Bonchev–Trinajstić information content (AvgIpc) is 2.55. The monoisotopic (exact) mass is 300 g/mol. The second-order valence-electron chi connectivity index (χ2n) is 4.73. The Morgan fingerprint density at radius 3 is 1.71 bits per heavy atom. The van der Waals surface area contributed by atoms with Gasteiger partial charge in [-0.15, -0.1) is 0 Å². The van der Waals surface area contributed by atoms with Crippen molar-refractivity contribution in [3.05, 3.63) is 60.7 Å². The van der Waals surface area contributed by atoms with Crippen molar-refractivity contribution in [2.24, 2.45) is 0 Å². The van der Waals surface area contributed by atoms with Gasteiger partial charge in [-0.1, -0.05) is 60.7 Å². The molecule has 2 rings (SSSR count). The molecular formula is C16H16O4Si. The third kappa shape index (κ3) is 3.52. The molecular weight excluding hydrogens is 284 g/mol. The van der Waals surface area contributed by atoms with E-state index in [0.29, 0.717) is 0 Å². The lowest BCUT2D eigenvalue weighted by Gasteiger charge is -2.20. The molecule has 2 unspecified atom stereocenters. The van der Waals surface area contributed by atoms with E-state index >= 15 is 0 Å². The summed E-state index contributed by atoms with van der Waals surface area (Å²) >= 11 is 0. The van der Waals surface area contributed by atoms with E-state index in [1.165, 1.54) is 0 Å². The number of carbonyl (C=O) groups is 2. The second-order valence-corrected chi connectivity index (χ2v) is 7.50. The maximum atomic E-state index is 12.5. The van der Waals surface area contributed by atoms with Crippen LogP contribution in [0.25, 0.3) is 0 Å². The van der Waals surface area contributed by atoms with Crippen molar-refractivity contribution in [1.29, 1.82) is 0 Å². The van der Waals surface area contributed by atoms with E-state index in [-0.39, 0.29) is 6.29 Å². The number of carbonyl (C=O) groups excluding carboxylic acids is 2. The molecule has 21 heavy (non-hydrogen) atoms. The molecule has 0 amide bonds. The fraction of sp³-hybridized carbons (Fsp3) is 0.125. The third-order valence-electron chi connectivity index (χ3n) is 3.30. The summed E-state index contributed by atoms with van der Waals surface area (Å²) in [5, 5.41) is 20.5. The molecule has 0 aliphatic carbocycles. The van der Waals surface area contributed by atoms with Gasteiger partial charge in [0.25, 0.3) is 0 Å². The van der Waals surface area contributed by atoms with Crippen molar-refractivity contribution in [3.63, 3.8) is 0 Å². The average molecular weight is 300 g/mol. The van der Waals surface area contributed by atoms with Crippen molar-refractivity contribution in [1.82, 2.24) is 0 Å². The lowest BCUT2D eigenvalue weighted by atomic mass is 10.2. The molecule has 0 aromatic heterocycles. The molecule has 108 valence electrons. The van der Waals surface area contributed by atoms with Gasteiger partial charge in [-0.25, -0.2) is 0 Å². The van der Waals surface area contributed by atoms with Gasteiger partial charge in [-0.05, 0) is 10.4 Å². The van der Waals surface area contributed by atoms with E-state index in [4.69, 9.17) is 0 Å². The van der Waals surface area contributed by atoms with Crippen LogP contribution in [0.4, 0.5) is 0 Å². The van der Waals surface area contributed by atoms with E-state index in [0.717, 1.165) is 10.4 Å². The lowest BCUT2D eigenvalue weighted by molar-refractivity contribution is -0.132. The fourth-order valence-corrected chi connectivity index (χ4v) is 5.02. The van der Waals surface area contributed by atoms with Crippen LogP contribution in [-0.4, -0.2) is 42.9 Å². The van der Waals surface area contributed by atoms with Gasteiger partial charge in [0.15, 0.2) is 15.1 Å². The zero-order valence-corrected chi connectivity index (χ0v) is 12.4. The van der Waals surface area contributed by atoms with E-state index in [2.05, 4.69) is 0 Å². The lowest BCUT2D eigenvalue weighted by Crippen LogP contribution is -2.55. The summed E-state index contributed by atoms with van der Waals surface area (Å²) in [5.41, 5.74) is 0. The Morgan fingerprint density at radius 1 is 0.905 bits per heavy atom. The van der Waals surface area contributed by atoms with Crippen LogP contribution in [0.2, 0.25) is 0 Å². The Morgan fingerprint density at radius 2 is 1.33 bits per heavy atom. The van der Waals surface area contributed by atoms with E-state index in [1.54, 1.807) is 0 Å². The van der Waals surface area contributed by atoms with E-state index in [9.17, 15) is 19.8 Å². The molecule has 5 heteroatoms. The molecule has 0 fully saturated rings. The van der Waals surface area contributed by atoms with Gasteiger partial charge in [-0.3, -0.25) is 0 Å². The summed E-state index contributed by atoms with van der Waals surface area (Å²) < 4.78 is 0. The van der Waals surface area contributed by atoms with Crippen molar-refractivity contribution < 1.29 is 19.8 Å². The fourth-order valence-electron chi connectivity index (χ4n) is 2.23. The van der Waals surface area contributed by atoms with Gasteiger partial charge >= 0.3 is 0 Å². The first-order valence-corrected chi connectivity index (χ1v) is 8.33. The number of hydrogen-bond acceptors (Lipinski definition) is 4. The van der Waals surface area contributed by atoms with Crippen LogP contribution in [0.5, 0.6) is 0 Å². The smallest absolute Gasteiger partial charge is 0.181 e. The quantitative estimate of drug-likeness (QED) is 0.533. The first kappa shape index (κ1) is 15.3. The highest BCUT2D eigenvalue weighted by Crippen LogP contribution is 2.01. The first-order valence-electron chi connectivity index (χ1n) is 6.60. The summed E-state index contributed by atoms with van der Waals surface area (Å²) in [7, 11) is -2.38. The predicted octanol–water partition coefficient (Wildman–Crippen LogP) is -0.943. The zero-order chi connectivity index (χ0) is 15.2. The summed E-state index contributed by atoms with van der Waals surface area (Å²) in [4.78, 5) is 23.1. The number of benzene rings is 2. The van der Waals surface area contributed by atoms with Gasteiger partial charge in [0, 0.05) is 0 Å². The van der Waals surface area contributed by atoms with Crippen LogP contribution in [0.3, 0.4) is 0 Å². The molecule has 2 N–H and O–H groups in total. The highest BCUT2D eigenvalue weighted by atomic mass is 28.3. The minimum Gasteiger partial charge on any atom is -0.383 e. The highest BCUT2D eigenvalue weighted by molar-refractivity contribution is 7.08. The topological polar surface area (TPSA) is 74.6 Å². The van der Waals surface area contributed by atoms with Gasteiger partial charge in [-0.2, -0.15) is 0 Å². The summed E-state index contributed by atoms with van der Waals surface area (Å²) in [6.07, 6.45) is -3.18. The molecule has 0 aliphatic rings. The van der Waals surface area contributed by atoms with Crippen molar-refractivity contribution in [3.8, 4) is 0 Å². The van der Waals surface area contributed by atoms with Gasteiger partial charge in [0.1, 0.15) is 17.6 Å². The zero-order valence-electron chi connectivity index (χ0n) is 11.3. The normalized spacial score (nSPS) is 13.7. The Labute approximate surface area is 124 Å². The van der Waals surface area contributed by atoms with E-state index < -0.39 is 26.4 Å². The Hall–Kier alpha value is -2.08. The van der Waals surface area contributed by atoms with E-state index in [1.807, 2.05) is 60.7 Å². The minimum atomic E-state index is -2.38. The largest absolute Gasteiger partial charge is 0.383 e. The third-order valence-corrected chi connectivity index (χ3v) is 6.32. The SMILES string of the molecule is O=CC(O)C(O)C(=O)[SiH](c1ccccc1)c1ccccc1. The van der Waals surface area contributed by atoms with Crippen LogP contribution in [0, 0.1) is 0 Å². The molecule has 0 heterocycles. The van der Waals surface area contributed by atoms with Gasteiger partial charge in [0.2, 0.25) is 0 Å².